The lowest BCUT2D eigenvalue weighted by Gasteiger charge is -2.11. The Kier molecular flexibility index (Phi) is 6.23. The number of aliphatic imine (C=N–C) groups is 1. The fraction of sp³-hybridized carbons (Fsp3) is 0.222. The van der Waals surface area contributed by atoms with E-state index < -0.39 is 12.0 Å². The zero-order valence-electron chi connectivity index (χ0n) is 13.2. The van der Waals surface area contributed by atoms with Crippen LogP contribution in [0.1, 0.15) is 5.56 Å². The first-order valence-electron chi connectivity index (χ1n) is 7.28. The Morgan fingerprint density at radius 3 is 2.39 bits per heavy atom. The Morgan fingerprint density at radius 1 is 1.17 bits per heavy atom. The number of rotatable bonds is 6. The van der Waals surface area contributed by atoms with Crippen molar-refractivity contribution in [1.82, 2.24) is 0 Å². The molecule has 1 aromatic rings. The van der Waals surface area contributed by atoms with E-state index in [1.807, 2.05) is 50.6 Å². The van der Waals surface area contributed by atoms with Gasteiger partial charge in [-0.15, -0.1) is 11.8 Å². The van der Waals surface area contributed by atoms with Gasteiger partial charge in [0, 0.05) is 25.5 Å². The van der Waals surface area contributed by atoms with E-state index in [1.54, 1.807) is 0 Å². The predicted octanol–water partition coefficient (Wildman–Crippen LogP) is 3.48. The van der Waals surface area contributed by atoms with Gasteiger partial charge in [-0.3, -0.25) is 4.99 Å². The Labute approximate surface area is 140 Å². The number of benzene rings is 1. The lowest BCUT2D eigenvalue weighted by atomic mass is 10.2. The summed E-state index contributed by atoms with van der Waals surface area (Å²) in [5, 5.41) is 9.63. The Bertz CT molecular complexity index is 658. The molecule has 4 nitrogen and oxygen atoms in total. The van der Waals surface area contributed by atoms with Crippen LogP contribution in [-0.4, -0.2) is 42.0 Å². The maximum absolute atomic E-state index is 10.8. The van der Waals surface area contributed by atoms with Crippen LogP contribution in [0, 0.1) is 0 Å². The minimum Gasteiger partial charge on any atom is -0.480 e. The highest BCUT2D eigenvalue weighted by atomic mass is 32.2. The van der Waals surface area contributed by atoms with E-state index >= 15 is 0 Å². The van der Waals surface area contributed by atoms with Crippen LogP contribution >= 0.6 is 11.8 Å². The minimum absolute atomic E-state index is 0.515. The normalized spacial score (nSPS) is 18.2. The van der Waals surface area contributed by atoms with Gasteiger partial charge in [0.2, 0.25) is 0 Å². The van der Waals surface area contributed by atoms with Crippen LogP contribution in [0.4, 0.5) is 5.69 Å². The molecular formula is C18H20N2O2S. The zero-order chi connectivity index (χ0) is 16.7. The van der Waals surface area contributed by atoms with Gasteiger partial charge < -0.3 is 10.0 Å². The molecule has 1 N–H and O–H groups in total. The van der Waals surface area contributed by atoms with E-state index in [0.717, 1.165) is 10.6 Å². The summed E-state index contributed by atoms with van der Waals surface area (Å²) >= 11 is 1.47. The molecule has 0 radical (unpaired) electrons. The first-order valence-corrected chi connectivity index (χ1v) is 8.27. The van der Waals surface area contributed by atoms with E-state index in [9.17, 15) is 4.79 Å². The molecule has 1 aromatic carbocycles. The fourth-order valence-electron chi connectivity index (χ4n) is 1.93. The van der Waals surface area contributed by atoms with E-state index in [0.29, 0.717) is 5.75 Å². The molecule has 120 valence electrons. The molecule has 1 aliphatic rings. The highest BCUT2D eigenvalue weighted by Crippen LogP contribution is 2.19. The van der Waals surface area contributed by atoms with Gasteiger partial charge in [0.25, 0.3) is 0 Å². The lowest BCUT2D eigenvalue weighted by Crippen LogP contribution is -2.16. The van der Waals surface area contributed by atoms with Crippen LogP contribution in [0.3, 0.4) is 0 Å². The lowest BCUT2D eigenvalue weighted by molar-refractivity contribution is -0.137. The summed E-state index contributed by atoms with van der Waals surface area (Å²) < 4.78 is 0. The summed E-state index contributed by atoms with van der Waals surface area (Å²) in [7, 11) is 4.04. The van der Waals surface area contributed by atoms with Crippen molar-refractivity contribution in [1.29, 1.82) is 0 Å². The van der Waals surface area contributed by atoms with Gasteiger partial charge in [-0.05, 0) is 23.8 Å². The molecule has 0 aliphatic carbocycles. The molecule has 0 spiro atoms. The van der Waals surface area contributed by atoms with Crippen molar-refractivity contribution in [3.63, 3.8) is 0 Å². The van der Waals surface area contributed by atoms with Gasteiger partial charge >= 0.3 is 5.97 Å². The van der Waals surface area contributed by atoms with E-state index in [-0.39, 0.29) is 0 Å². The highest BCUT2D eigenvalue weighted by molar-refractivity contribution is 8.14. The van der Waals surface area contributed by atoms with Gasteiger partial charge in [0.1, 0.15) is 0 Å². The number of nitrogens with zero attached hydrogens (tertiary/aromatic N) is 2. The van der Waals surface area contributed by atoms with E-state index in [2.05, 4.69) is 34.2 Å². The van der Waals surface area contributed by atoms with Crippen LogP contribution in [0.15, 0.2) is 59.6 Å². The maximum Gasteiger partial charge on any atom is 0.329 e. The van der Waals surface area contributed by atoms with Crippen molar-refractivity contribution in [2.24, 2.45) is 4.99 Å². The number of anilines is 1. The minimum atomic E-state index is -0.861. The Morgan fingerprint density at radius 2 is 1.83 bits per heavy atom. The summed E-state index contributed by atoms with van der Waals surface area (Å²) in [6.07, 6.45) is 11.6. The first-order chi connectivity index (χ1) is 11.1. The summed E-state index contributed by atoms with van der Waals surface area (Å²) in [6, 6.07) is 7.71. The standard InChI is InChI=1S/C18H20N2O2S/c1-20(2)15-11-9-14(10-12-15)7-5-3-4-6-8-17-19-16(13-23-17)18(21)22/h3-12,16H,13H2,1-2H3,(H,21,22)/b4-3+,7-5+,8-6+. The molecule has 0 fully saturated rings. The van der Waals surface area contributed by atoms with Crippen LogP contribution in [-0.2, 0) is 4.79 Å². The van der Waals surface area contributed by atoms with Crippen molar-refractivity contribution in [2.75, 3.05) is 24.7 Å². The monoisotopic (exact) mass is 328 g/mol. The van der Waals surface area contributed by atoms with Gasteiger partial charge in [0.15, 0.2) is 6.04 Å². The van der Waals surface area contributed by atoms with Crippen molar-refractivity contribution >= 4 is 34.5 Å². The first kappa shape index (κ1) is 17.1. The van der Waals surface area contributed by atoms with E-state index in [1.165, 1.54) is 17.4 Å². The topological polar surface area (TPSA) is 52.9 Å². The molecule has 0 saturated heterocycles. The third-order valence-electron chi connectivity index (χ3n) is 3.23. The molecule has 1 atom stereocenters. The number of carbonyl (C=O) groups is 1. The smallest absolute Gasteiger partial charge is 0.329 e. The second-order valence-corrected chi connectivity index (χ2v) is 6.26. The molecule has 0 saturated carbocycles. The number of carboxylic acid groups (broad SMARTS) is 1. The van der Waals surface area contributed by atoms with Gasteiger partial charge in [0.05, 0.1) is 5.04 Å². The van der Waals surface area contributed by atoms with Crippen molar-refractivity contribution in [3.8, 4) is 0 Å². The van der Waals surface area contributed by atoms with Crippen LogP contribution in [0.25, 0.3) is 6.08 Å². The molecule has 5 heteroatoms. The van der Waals surface area contributed by atoms with Crippen LogP contribution in [0.2, 0.25) is 0 Å². The summed E-state index contributed by atoms with van der Waals surface area (Å²) in [5.74, 6) is -0.346. The van der Waals surface area contributed by atoms with Crippen molar-refractivity contribution < 1.29 is 9.90 Å². The van der Waals surface area contributed by atoms with Crippen LogP contribution < -0.4 is 4.90 Å². The third kappa shape index (κ3) is 5.45. The third-order valence-corrected chi connectivity index (χ3v) is 4.25. The van der Waals surface area contributed by atoms with E-state index in [4.69, 9.17) is 5.11 Å². The number of carboxylic acids is 1. The molecule has 1 unspecified atom stereocenters. The second kappa shape index (κ2) is 8.39. The van der Waals surface area contributed by atoms with Gasteiger partial charge in [-0.25, -0.2) is 4.79 Å². The molecule has 2 rings (SSSR count). The SMILES string of the molecule is CN(C)c1ccc(/C=C/C=C/C=C/C2=NC(C(=O)O)CS2)cc1. The summed E-state index contributed by atoms with van der Waals surface area (Å²) in [5.41, 5.74) is 2.32. The van der Waals surface area contributed by atoms with Crippen molar-refractivity contribution in [3.05, 3.63) is 60.2 Å². The molecule has 1 heterocycles. The molecule has 0 aromatic heterocycles. The summed E-state index contributed by atoms with van der Waals surface area (Å²) in [4.78, 5) is 17.0. The average molecular weight is 328 g/mol. The zero-order valence-corrected chi connectivity index (χ0v) is 14.0. The number of hydrogen-bond donors (Lipinski definition) is 1. The van der Waals surface area contributed by atoms with Crippen molar-refractivity contribution in [2.45, 2.75) is 6.04 Å². The highest BCUT2D eigenvalue weighted by Gasteiger charge is 2.22. The average Bonchev–Trinajstić information content (AvgIpc) is 3.00. The Balaban J connectivity index is 1.83. The quantitative estimate of drug-likeness (QED) is 0.812. The van der Waals surface area contributed by atoms with Gasteiger partial charge in [-0.1, -0.05) is 42.5 Å². The number of aliphatic carboxylic acids is 1. The van der Waals surface area contributed by atoms with Crippen LogP contribution in [0.5, 0.6) is 0 Å². The molecule has 23 heavy (non-hydrogen) atoms. The maximum atomic E-state index is 10.8. The number of hydrogen-bond acceptors (Lipinski definition) is 4. The summed E-state index contributed by atoms with van der Waals surface area (Å²) in [6.45, 7) is 0. The molecular weight excluding hydrogens is 308 g/mol. The van der Waals surface area contributed by atoms with Gasteiger partial charge in [-0.2, -0.15) is 0 Å². The molecule has 0 bridgehead atoms. The number of thioether (sulfide) groups is 1. The molecule has 1 aliphatic heterocycles. The number of allylic oxidation sites excluding steroid dienone is 4. The largest absolute Gasteiger partial charge is 0.480 e. The fourth-order valence-corrected chi connectivity index (χ4v) is 2.85. The Hall–Kier alpha value is -2.27. The second-order valence-electron chi connectivity index (χ2n) is 5.22. The molecule has 0 amide bonds. The predicted molar refractivity (Wildman–Crippen MR) is 99.4 cm³/mol.